The second-order valence-corrected chi connectivity index (χ2v) is 17.2. The van der Waals surface area contributed by atoms with Crippen molar-refractivity contribution in [1.82, 2.24) is 0 Å². The van der Waals surface area contributed by atoms with Gasteiger partial charge in [-0.2, -0.15) is 17.2 Å². The number of benzene rings is 4. The van der Waals surface area contributed by atoms with Crippen LogP contribution in [0.4, 0.5) is 8.78 Å². The third-order valence-electron chi connectivity index (χ3n) is 7.34. The summed E-state index contributed by atoms with van der Waals surface area (Å²) < 4.78 is 95.9. The van der Waals surface area contributed by atoms with Gasteiger partial charge in [0.2, 0.25) is 0 Å². The monoisotopic (exact) mass is 721 g/mol. The number of halogens is 2. The van der Waals surface area contributed by atoms with Crippen LogP contribution in [0.15, 0.2) is 135 Å². The van der Waals surface area contributed by atoms with E-state index in [1.54, 1.807) is 103 Å². The average molecular weight is 722 g/mol. The molecule has 0 aromatic heterocycles. The normalized spacial score (nSPS) is 12.8. The molecule has 4 rings (SSSR count). The van der Waals surface area contributed by atoms with Gasteiger partial charge in [0.15, 0.2) is 0 Å². The molecule has 0 unspecified atom stereocenters. The predicted octanol–water partition coefficient (Wildman–Crippen LogP) is 8.50. The first-order valence-corrected chi connectivity index (χ1v) is 19.8. The molecule has 0 saturated heterocycles. The first-order chi connectivity index (χ1) is 22.9. The van der Waals surface area contributed by atoms with Crippen LogP contribution in [-0.4, -0.2) is 44.9 Å². The van der Waals surface area contributed by atoms with Crippen LogP contribution in [0, 0.1) is 6.92 Å². The van der Waals surface area contributed by atoms with E-state index in [0.29, 0.717) is 46.8 Å². The van der Waals surface area contributed by atoms with Crippen molar-refractivity contribution in [2.24, 2.45) is 0 Å². The van der Waals surface area contributed by atoms with E-state index in [9.17, 15) is 21.6 Å². The average Bonchev–Trinajstić information content (AvgIpc) is 3.09. The molecular weight excluding hydrogens is 683 g/mol. The maximum atomic E-state index is 15.4. The Bertz CT molecular complexity index is 1720. The summed E-state index contributed by atoms with van der Waals surface area (Å²) in [5, 5.41) is -4.93. The van der Waals surface area contributed by atoms with Gasteiger partial charge >= 0.3 is 21.3 Å². The number of unbranched alkanes of at least 4 members (excludes halogenated alkanes) is 5. The standard InChI is InChI=1S/C35H38F2O8S3/c1-29-23-25-33(26-24-29)47(39,40)44-28-16-5-3-2-4-15-27-43-34(38)35(36,37)48(41,42)45-46(30-17-9-6-10-18-30,31-19-11-7-12-20-31)32-21-13-8-14-22-32/h6-14,17-26H,2-5,15-16,27-28H2,1H3/p+1. The molecule has 0 atom stereocenters. The summed E-state index contributed by atoms with van der Waals surface area (Å²) in [6, 6.07) is 31.3. The second-order valence-electron chi connectivity index (χ2n) is 10.9. The summed E-state index contributed by atoms with van der Waals surface area (Å²) >= 11 is 0. The van der Waals surface area contributed by atoms with Crippen LogP contribution in [0.25, 0.3) is 0 Å². The molecule has 0 radical (unpaired) electrons. The highest BCUT2D eigenvalue weighted by Crippen LogP contribution is 2.68. The minimum atomic E-state index is -5.75. The van der Waals surface area contributed by atoms with Crippen molar-refractivity contribution in [3.05, 3.63) is 121 Å². The van der Waals surface area contributed by atoms with Crippen LogP contribution in [0.1, 0.15) is 44.1 Å². The molecule has 4 aromatic carbocycles. The summed E-state index contributed by atoms with van der Waals surface area (Å²) in [4.78, 5) is 13.8. The fourth-order valence-electron chi connectivity index (χ4n) is 4.79. The van der Waals surface area contributed by atoms with Crippen LogP contribution in [0.3, 0.4) is 0 Å². The molecule has 0 aliphatic rings. The van der Waals surface area contributed by atoms with Gasteiger partial charge in [-0.1, -0.05) is 98.0 Å². The Hall–Kier alpha value is -3.62. The van der Waals surface area contributed by atoms with Crippen LogP contribution in [-0.2, 0) is 34.0 Å². The van der Waals surface area contributed by atoms with E-state index in [-0.39, 0.29) is 17.9 Å². The van der Waals surface area contributed by atoms with Crippen LogP contribution < -0.4 is 0 Å². The molecule has 0 fully saturated rings. The zero-order valence-corrected chi connectivity index (χ0v) is 28.9. The van der Waals surface area contributed by atoms with E-state index in [1.165, 1.54) is 12.1 Å². The number of esters is 1. The topological polar surface area (TPSA) is 117 Å². The molecular formula is C35H39F2O8S3+. The van der Waals surface area contributed by atoms with Crippen LogP contribution in [0.5, 0.6) is 0 Å². The molecule has 0 saturated carbocycles. The number of alkyl halides is 2. The lowest BCUT2D eigenvalue weighted by atomic mass is 10.1. The Morgan fingerprint density at radius 2 is 1.02 bits per heavy atom. The number of carbonyl (C=O) groups is 1. The highest BCUT2D eigenvalue weighted by Gasteiger charge is 2.63. The molecule has 1 N–H and O–H groups in total. The van der Waals surface area contributed by atoms with Crippen molar-refractivity contribution >= 4 is 36.5 Å². The number of hydrogen-bond donors (Lipinski definition) is 0. The summed E-state index contributed by atoms with van der Waals surface area (Å²) in [7, 11) is -12.7. The zero-order valence-electron chi connectivity index (χ0n) is 26.4. The van der Waals surface area contributed by atoms with Crippen molar-refractivity contribution in [3.63, 3.8) is 0 Å². The van der Waals surface area contributed by atoms with E-state index < -0.39 is 48.4 Å². The lowest BCUT2D eigenvalue weighted by Gasteiger charge is -2.35. The lowest BCUT2D eigenvalue weighted by Crippen LogP contribution is -2.42. The van der Waals surface area contributed by atoms with Crippen molar-refractivity contribution in [3.8, 4) is 0 Å². The van der Waals surface area contributed by atoms with Crippen LogP contribution >= 0.6 is 10.3 Å². The van der Waals surface area contributed by atoms with Gasteiger partial charge in [-0.25, -0.2) is 4.79 Å². The third-order valence-corrected chi connectivity index (χ3v) is 14.0. The Morgan fingerprint density at radius 3 is 1.48 bits per heavy atom. The quantitative estimate of drug-likeness (QED) is 0.0333. The van der Waals surface area contributed by atoms with E-state index in [4.69, 9.17) is 8.92 Å². The molecule has 0 spiro atoms. The number of rotatable bonds is 18. The first-order valence-electron chi connectivity index (χ1n) is 15.4. The lowest BCUT2D eigenvalue weighted by molar-refractivity contribution is -0.161. The first kappa shape index (κ1) is 37.2. The number of hydrogen-bond acceptors (Lipinski definition) is 7. The predicted molar refractivity (Wildman–Crippen MR) is 181 cm³/mol. The van der Waals surface area contributed by atoms with Crippen molar-refractivity contribution < 1.29 is 43.0 Å². The van der Waals surface area contributed by atoms with Gasteiger partial charge in [-0.05, 0) is 68.3 Å². The van der Waals surface area contributed by atoms with E-state index in [1.807, 2.05) is 6.92 Å². The smallest absolute Gasteiger partial charge is 0.460 e. The maximum absolute atomic E-state index is 15.4. The molecule has 8 nitrogen and oxygen atoms in total. The summed E-state index contributed by atoms with van der Waals surface area (Å²) in [5.74, 6) is -2.18. The number of carbonyl (C=O) groups excluding carboxylic acids is 1. The number of aryl methyl sites for hydroxylation is 1. The largest absolute Gasteiger partial charge is 0.514 e. The van der Waals surface area contributed by atoms with E-state index >= 15 is 8.78 Å². The molecule has 4 aromatic rings. The van der Waals surface area contributed by atoms with Gasteiger partial charge in [0.05, 0.1) is 43.1 Å². The molecule has 0 amide bonds. The van der Waals surface area contributed by atoms with Gasteiger partial charge in [-0.15, -0.1) is 8.42 Å². The summed E-state index contributed by atoms with van der Waals surface area (Å²) in [6.07, 6.45) is 3.34. The van der Waals surface area contributed by atoms with E-state index in [2.05, 4.69) is 3.63 Å². The fourth-order valence-corrected chi connectivity index (χ4v) is 11.1. The maximum Gasteiger partial charge on any atom is 0.514 e. The highest BCUT2D eigenvalue weighted by atomic mass is 32.3. The van der Waals surface area contributed by atoms with E-state index in [0.717, 1.165) is 5.56 Å². The fraction of sp³-hybridized carbons (Fsp3) is 0.286. The van der Waals surface area contributed by atoms with Crippen molar-refractivity contribution in [2.45, 2.75) is 70.3 Å². The molecule has 0 bridgehead atoms. The number of ether oxygens (including phenoxy) is 1. The van der Waals surface area contributed by atoms with Crippen molar-refractivity contribution in [1.29, 1.82) is 0 Å². The van der Waals surface area contributed by atoms with Gasteiger partial charge in [0.25, 0.3) is 10.1 Å². The Balaban J connectivity index is 1.31. The molecule has 48 heavy (non-hydrogen) atoms. The van der Waals surface area contributed by atoms with Gasteiger partial charge < -0.3 is 4.74 Å². The Morgan fingerprint density at radius 1 is 0.604 bits per heavy atom. The SMILES string of the molecule is Cc1ccc(S(=O)(=O)OCCCCCCCCOC(=O)C(F)(F)S(=O)(=O)[OH+]S(c2ccccc2)(c2ccccc2)c2ccccc2)cc1. The zero-order chi connectivity index (χ0) is 34.7. The Labute approximate surface area is 282 Å². The van der Waals surface area contributed by atoms with Gasteiger partial charge in [-0.3, -0.25) is 7.81 Å². The molecule has 0 heterocycles. The molecule has 0 aliphatic heterocycles. The highest BCUT2D eigenvalue weighted by molar-refractivity contribution is 8.32. The molecule has 0 aliphatic carbocycles. The van der Waals surface area contributed by atoms with Crippen LogP contribution in [0.2, 0.25) is 0 Å². The summed E-state index contributed by atoms with van der Waals surface area (Å²) in [6.45, 7) is 1.49. The van der Waals surface area contributed by atoms with Gasteiger partial charge in [0.1, 0.15) is 0 Å². The molecule has 258 valence electrons. The summed E-state index contributed by atoms with van der Waals surface area (Å²) in [5.41, 5.74) is 0.937. The minimum absolute atomic E-state index is 0.0320. The van der Waals surface area contributed by atoms with Crippen molar-refractivity contribution in [2.75, 3.05) is 13.2 Å². The Kier molecular flexibility index (Phi) is 12.9. The van der Waals surface area contributed by atoms with Gasteiger partial charge in [0, 0.05) is 0 Å². The molecule has 13 heteroatoms. The second kappa shape index (κ2) is 16.7. The third kappa shape index (κ3) is 9.08. The minimum Gasteiger partial charge on any atom is -0.460 e.